The summed E-state index contributed by atoms with van der Waals surface area (Å²) in [6.07, 6.45) is 1.64. The Hall–Kier alpha value is -2.09. The van der Waals surface area contributed by atoms with Crippen LogP contribution in [0.4, 0.5) is 14.6 Å². The highest BCUT2D eigenvalue weighted by molar-refractivity contribution is 5.50. The summed E-state index contributed by atoms with van der Waals surface area (Å²) >= 11 is 0. The minimum atomic E-state index is -2.53. The number of fused-ring (bicyclic) bond motifs is 1. The van der Waals surface area contributed by atoms with Crippen LogP contribution in [0.3, 0.4) is 0 Å². The van der Waals surface area contributed by atoms with Crippen molar-refractivity contribution in [2.45, 2.75) is 84.4 Å². The molecule has 0 saturated heterocycles. The molecule has 2 aromatic rings. The van der Waals surface area contributed by atoms with Crippen molar-refractivity contribution >= 4 is 5.82 Å². The molecule has 0 atom stereocenters. The molecule has 1 aliphatic heterocycles. The zero-order valence-electron chi connectivity index (χ0n) is 17.7. The van der Waals surface area contributed by atoms with Crippen molar-refractivity contribution < 1.29 is 8.78 Å². The summed E-state index contributed by atoms with van der Waals surface area (Å²) in [7, 11) is 0. The van der Waals surface area contributed by atoms with Gasteiger partial charge in [-0.1, -0.05) is 0 Å². The van der Waals surface area contributed by atoms with E-state index in [1.807, 2.05) is 19.9 Å². The van der Waals surface area contributed by atoms with Crippen molar-refractivity contribution in [1.29, 1.82) is 0 Å². The number of anilines is 1. The molecule has 1 saturated carbocycles. The van der Waals surface area contributed by atoms with Crippen LogP contribution in [0.1, 0.15) is 62.2 Å². The average molecular weight is 405 g/mol. The van der Waals surface area contributed by atoms with Crippen molar-refractivity contribution in [2.75, 3.05) is 11.9 Å². The van der Waals surface area contributed by atoms with Gasteiger partial charge in [0.15, 0.2) is 0 Å². The van der Waals surface area contributed by atoms with Crippen LogP contribution in [-0.4, -0.2) is 49.2 Å². The van der Waals surface area contributed by atoms with Crippen LogP contribution < -0.4 is 5.32 Å². The second-order valence-electron chi connectivity index (χ2n) is 8.73. The molecule has 0 unspecified atom stereocenters. The van der Waals surface area contributed by atoms with E-state index in [4.69, 9.17) is 9.97 Å². The van der Waals surface area contributed by atoms with Gasteiger partial charge in [0.1, 0.15) is 5.82 Å². The van der Waals surface area contributed by atoms with Crippen LogP contribution in [0.5, 0.6) is 0 Å². The molecule has 2 aliphatic rings. The first-order valence-electron chi connectivity index (χ1n) is 10.5. The maximum Gasteiger partial charge on any atom is 0.253 e. The lowest BCUT2D eigenvalue weighted by Gasteiger charge is -2.34. The third-order valence-corrected chi connectivity index (χ3v) is 6.07. The van der Waals surface area contributed by atoms with Gasteiger partial charge in [0.25, 0.3) is 5.95 Å². The van der Waals surface area contributed by atoms with Crippen molar-refractivity contribution in [1.82, 2.24) is 24.6 Å². The van der Waals surface area contributed by atoms with Gasteiger partial charge in [0.05, 0.1) is 11.4 Å². The lowest BCUT2D eigenvalue weighted by atomic mass is 9.92. The van der Waals surface area contributed by atoms with E-state index in [2.05, 4.69) is 29.2 Å². The molecular weight excluding hydrogens is 374 g/mol. The van der Waals surface area contributed by atoms with Crippen LogP contribution in [0, 0.1) is 13.8 Å². The second kappa shape index (κ2) is 7.63. The van der Waals surface area contributed by atoms with E-state index >= 15 is 0 Å². The summed E-state index contributed by atoms with van der Waals surface area (Å²) in [6.45, 7) is 10.0. The summed E-state index contributed by atoms with van der Waals surface area (Å²) in [5.41, 5.74) is 4.01. The monoisotopic (exact) mass is 404 g/mol. The third-order valence-electron chi connectivity index (χ3n) is 6.07. The average Bonchev–Trinajstić information content (AvgIpc) is 3.01. The minimum absolute atomic E-state index is 0.0186. The van der Waals surface area contributed by atoms with Crippen LogP contribution >= 0.6 is 0 Å². The fourth-order valence-corrected chi connectivity index (χ4v) is 4.30. The molecule has 1 fully saturated rings. The number of halogens is 2. The Morgan fingerprint density at radius 3 is 2.52 bits per heavy atom. The Morgan fingerprint density at radius 2 is 1.90 bits per heavy atom. The summed E-state index contributed by atoms with van der Waals surface area (Å²) < 4.78 is 28.9. The largest absolute Gasteiger partial charge is 0.367 e. The Bertz CT molecular complexity index is 882. The minimum Gasteiger partial charge on any atom is -0.367 e. The normalized spacial score (nSPS) is 20.1. The van der Waals surface area contributed by atoms with Crippen LogP contribution in [0.2, 0.25) is 0 Å². The van der Waals surface area contributed by atoms with Gasteiger partial charge in [0, 0.05) is 49.3 Å². The molecule has 4 rings (SSSR count). The van der Waals surface area contributed by atoms with Gasteiger partial charge in [-0.15, -0.1) is 0 Å². The highest BCUT2D eigenvalue weighted by atomic mass is 19.3. The van der Waals surface area contributed by atoms with Gasteiger partial charge in [-0.05, 0) is 53.0 Å². The summed E-state index contributed by atoms with van der Waals surface area (Å²) in [5, 5.41) is 8.02. The predicted octanol–water partition coefficient (Wildman–Crippen LogP) is 4.04. The molecule has 0 radical (unpaired) electrons. The summed E-state index contributed by atoms with van der Waals surface area (Å²) in [4.78, 5) is 12.1. The molecule has 0 amide bonds. The van der Waals surface area contributed by atoms with Crippen LogP contribution in [0.25, 0.3) is 5.95 Å². The number of hydrogen-bond donors (Lipinski definition) is 1. The molecule has 1 aliphatic carbocycles. The summed E-state index contributed by atoms with van der Waals surface area (Å²) in [6, 6.07) is 2.46. The highest BCUT2D eigenvalue weighted by Crippen LogP contribution is 2.35. The lowest BCUT2D eigenvalue weighted by molar-refractivity contribution is -0.0361. The number of aryl methyl sites for hydroxylation is 2. The van der Waals surface area contributed by atoms with Gasteiger partial charge in [0.2, 0.25) is 5.92 Å². The first kappa shape index (κ1) is 20.2. The zero-order chi connectivity index (χ0) is 20.8. The number of nitrogens with one attached hydrogen (secondary N) is 1. The fourth-order valence-electron chi connectivity index (χ4n) is 4.30. The van der Waals surface area contributed by atoms with Crippen molar-refractivity contribution in [3.05, 3.63) is 28.7 Å². The Labute approximate surface area is 170 Å². The van der Waals surface area contributed by atoms with E-state index in [0.717, 1.165) is 48.0 Å². The van der Waals surface area contributed by atoms with E-state index < -0.39 is 5.92 Å². The van der Waals surface area contributed by atoms with E-state index in [1.165, 1.54) is 0 Å². The van der Waals surface area contributed by atoms with Gasteiger partial charge in [-0.25, -0.2) is 18.4 Å². The Balaban J connectivity index is 1.68. The first-order valence-corrected chi connectivity index (χ1v) is 10.5. The van der Waals surface area contributed by atoms with Gasteiger partial charge in [-0.3, -0.25) is 4.90 Å². The number of nitrogens with zero attached hydrogens (tertiary/aromatic N) is 5. The molecule has 6 nitrogen and oxygen atoms in total. The maximum atomic E-state index is 13.6. The molecule has 3 heterocycles. The highest BCUT2D eigenvalue weighted by Gasteiger charge is 2.35. The summed E-state index contributed by atoms with van der Waals surface area (Å²) in [5.74, 6) is -1.20. The van der Waals surface area contributed by atoms with E-state index in [9.17, 15) is 8.78 Å². The molecule has 1 N–H and O–H groups in total. The number of rotatable bonds is 4. The number of aromatic nitrogens is 4. The van der Waals surface area contributed by atoms with Crippen molar-refractivity contribution in [3.8, 4) is 5.95 Å². The molecular formula is C21H30F2N6. The predicted molar refractivity (Wildman–Crippen MR) is 109 cm³/mol. The standard InChI is InChI=1S/C21H30F2N6/c1-13(2)28-10-7-17-18(12-28)25-20(29-15(4)11-14(3)27-29)26-19(17)24-16-5-8-21(22,23)9-6-16/h11,13,16H,5-10,12H2,1-4H3,(H,24,25,26). The molecule has 0 spiro atoms. The fraction of sp³-hybridized carbons (Fsp3) is 0.667. The molecule has 8 heteroatoms. The molecule has 158 valence electrons. The maximum absolute atomic E-state index is 13.6. The van der Waals surface area contributed by atoms with E-state index in [-0.39, 0.29) is 18.9 Å². The Morgan fingerprint density at radius 1 is 1.17 bits per heavy atom. The quantitative estimate of drug-likeness (QED) is 0.834. The zero-order valence-corrected chi connectivity index (χ0v) is 17.7. The molecule has 0 bridgehead atoms. The van der Waals surface area contributed by atoms with Crippen LogP contribution in [0.15, 0.2) is 6.07 Å². The first-order chi connectivity index (χ1) is 13.7. The SMILES string of the molecule is Cc1cc(C)n(-c2nc3c(c(NC4CCC(F)(F)CC4)n2)CCN(C(C)C)C3)n1. The van der Waals surface area contributed by atoms with Crippen molar-refractivity contribution in [2.24, 2.45) is 0 Å². The molecule has 2 aromatic heterocycles. The van der Waals surface area contributed by atoms with Crippen molar-refractivity contribution in [3.63, 3.8) is 0 Å². The van der Waals surface area contributed by atoms with Gasteiger partial charge < -0.3 is 5.32 Å². The van der Waals surface area contributed by atoms with Gasteiger partial charge >= 0.3 is 0 Å². The van der Waals surface area contributed by atoms with E-state index in [1.54, 1.807) is 4.68 Å². The van der Waals surface area contributed by atoms with E-state index in [0.29, 0.717) is 24.8 Å². The number of hydrogen-bond acceptors (Lipinski definition) is 5. The smallest absolute Gasteiger partial charge is 0.253 e. The van der Waals surface area contributed by atoms with Gasteiger partial charge in [-0.2, -0.15) is 10.1 Å². The van der Waals surface area contributed by atoms with Crippen LogP contribution in [-0.2, 0) is 13.0 Å². The molecule has 0 aromatic carbocycles. The topological polar surface area (TPSA) is 58.9 Å². The Kier molecular flexibility index (Phi) is 5.31. The lowest BCUT2D eigenvalue weighted by Crippen LogP contribution is -2.38. The number of alkyl halides is 2. The third kappa shape index (κ3) is 4.27. The second-order valence-corrected chi connectivity index (χ2v) is 8.73. The molecule has 29 heavy (non-hydrogen) atoms.